The van der Waals surface area contributed by atoms with E-state index >= 15 is 0 Å². The predicted molar refractivity (Wildman–Crippen MR) is 82.9 cm³/mol. The number of Topliss-reactive ketones (excluding diaryl/α,β-unsaturated/α-hetero) is 1. The van der Waals surface area contributed by atoms with Gasteiger partial charge in [-0.15, -0.1) is 0 Å². The molecule has 0 bridgehead atoms. The standard InChI is InChI=1S/C18H21NO/c1-2-13-19-17(15-9-5-3-6-10-15)14-18(20)16-11-7-4-8-12-16/h3-12,17,19H,2,13-14H2,1H3. The zero-order chi connectivity index (χ0) is 14.2. The molecule has 0 heterocycles. The van der Waals surface area contributed by atoms with Gasteiger partial charge in [0.2, 0.25) is 0 Å². The van der Waals surface area contributed by atoms with Gasteiger partial charge >= 0.3 is 0 Å². The van der Waals surface area contributed by atoms with E-state index in [1.165, 1.54) is 5.56 Å². The molecule has 1 atom stereocenters. The molecule has 0 aliphatic rings. The summed E-state index contributed by atoms with van der Waals surface area (Å²) in [6.45, 7) is 3.05. The summed E-state index contributed by atoms with van der Waals surface area (Å²) < 4.78 is 0. The minimum Gasteiger partial charge on any atom is -0.310 e. The lowest BCUT2D eigenvalue weighted by Gasteiger charge is -2.18. The Hall–Kier alpha value is -1.93. The van der Waals surface area contributed by atoms with Gasteiger partial charge in [0.25, 0.3) is 0 Å². The molecule has 0 fully saturated rings. The van der Waals surface area contributed by atoms with E-state index in [-0.39, 0.29) is 11.8 Å². The first kappa shape index (κ1) is 14.5. The summed E-state index contributed by atoms with van der Waals surface area (Å²) in [4.78, 5) is 12.4. The number of rotatable bonds is 7. The second kappa shape index (κ2) is 7.61. The Balaban J connectivity index is 2.10. The Morgan fingerprint density at radius 3 is 2.20 bits per heavy atom. The van der Waals surface area contributed by atoms with E-state index in [9.17, 15) is 4.79 Å². The molecule has 20 heavy (non-hydrogen) atoms. The van der Waals surface area contributed by atoms with Gasteiger partial charge in [-0.25, -0.2) is 0 Å². The predicted octanol–water partition coefficient (Wildman–Crippen LogP) is 4.00. The number of benzene rings is 2. The fourth-order valence-corrected chi connectivity index (χ4v) is 2.24. The molecule has 0 aromatic heterocycles. The highest BCUT2D eigenvalue weighted by Crippen LogP contribution is 2.19. The van der Waals surface area contributed by atoms with Crippen LogP contribution < -0.4 is 5.32 Å². The quantitative estimate of drug-likeness (QED) is 0.768. The van der Waals surface area contributed by atoms with Crippen molar-refractivity contribution < 1.29 is 4.79 Å². The summed E-state index contributed by atoms with van der Waals surface area (Å²) in [6.07, 6.45) is 1.55. The van der Waals surface area contributed by atoms with Crippen molar-refractivity contribution in [2.75, 3.05) is 6.54 Å². The molecule has 2 aromatic carbocycles. The summed E-state index contributed by atoms with van der Waals surface area (Å²) in [5.74, 6) is 0.183. The van der Waals surface area contributed by atoms with Crippen LogP contribution in [0.5, 0.6) is 0 Å². The van der Waals surface area contributed by atoms with Crippen molar-refractivity contribution in [2.24, 2.45) is 0 Å². The van der Waals surface area contributed by atoms with E-state index < -0.39 is 0 Å². The minimum absolute atomic E-state index is 0.0869. The molecule has 1 N–H and O–H groups in total. The molecule has 2 nitrogen and oxygen atoms in total. The largest absolute Gasteiger partial charge is 0.310 e. The fourth-order valence-electron chi connectivity index (χ4n) is 2.24. The van der Waals surface area contributed by atoms with Crippen molar-refractivity contribution in [2.45, 2.75) is 25.8 Å². The fraction of sp³-hybridized carbons (Fsp3) is 0.278. The van der Waals surface area contributed by atoms with Crippen LogP contribution in [0.1, 0.15) is 41.7 Å². The van der Waals surface area contributed by atoms with Crippen molar-refractivity contribution in [3.63, 3.8) is 0 Å². The Kier molecular flexibility index (Phi) is 5.51. The number of nitrogens with one attached hydrogen (secondary N) is 1. The molecule has 0 amide bonds. The Labute approximate surface area is 120 Å². The zero-order valence-electron chi connectivity index (χ0n) is 11.9. The molecule has 0 aliphatic heterocycles. The van der Waals surface area contributed by atoms with E-state index in [4.69, 9.17) is 0 Å². The van der Waals surface area contributed by atoms with Crippen LogP contribution in [0.2, 0.25) is 0 Å². The van der Waals surface area contributed by atoms with Gasteiger partial charge in [-0.2, -0.15) is 0 Å². The number of hydrogen-bond acceptors (Lipinski definition) is 2. The van der Waals surface area contributed by atoms with Crippen molar-refractivity contribution in [1.82, 2.24) is 5.32 Å². The van der Waals surface area contributed by atoms with E-state index in [2.05, 4.69) is 24.4 Å². The Morgan fingerprint density at radius 2 is 1.60 bits per heavy atom. The van der Waals surface area contributed by atoms with Crippen molar-refractivity contribution >= 4 is 5.78 Å². The van der Waals surface area contributed by atoms with Crippen LogP contribution in [0.25, 0.3) is 0 Å². The third-order valence-electron chi connectivity index (χ3n) is 3.33. The maximum absolute atomic E-state index is 12.4. The lowest BCUT2D eigenvalue weighted by Crippen LogP contribution is -2.24. The lowest BCUT2D eigenvalue weighted by atomic mass is 9.98. The Bertz CT molecular complexity index is 522. The van der Waals surface area contributed by atoms with Gasteiger partial charge in [-0.05, 0) is 18.5 Å². The topological polar surface area (TPSA) is 29.1 Å². The molecule has 2 heteroatoms. The lowest BCUT2D eigenvalue weighted by molar-refractivity contribution is 0.0968. The number of hydrogen-bond donors (Lipinski definition) is 1. The van der Waals surface area contributed by atoms with E-state index in [0.29, 0.717) is 6.42 Å². The van der Waals surface area contributed by atoms with Crippen LogP contribution in [0.15, 0.2) is 60.7 Å². The molecule has 2 aromatic rings. The third kappa shape index (κ3) is 4.04. The maximum atomic E-state index is 12.4. The highest BCUT2D eigenvalue weighted by molar-refractivity contribution is 5.96. The summed E-state index contributed by atoms with van der Waals surface area (Å²) >= 11 is 0. The molecule has 0 aliphatic carbocycles. The van der Waals surface area contributed by atoms with Crippen LogP contribution in [-0.4, -0.2) is 12.3 Å². The van der Waals surface area contributed by atoms with Crippen molar-refractivity contribution in [3.05, 3.63) is 71.8 Å². The van der Waals surface area contributed by atoms with Crippen LogP contribution >= 0.6 is 0 Å². The molecule has 0 saturated heterocycles. The molecule has 0 saturated carbocycles. The smallest absolute Gasteiger partial charge is 0.164 e. The SMILES string of the molecule is CCCNC(CC(=O)c1ccccc1)c1ccccc1. The van der Waals surface area contributed by atoms with Gasteiger partial charge in [0.15, 0.2) is 5.78 Å². The molecular formula is C18H21NO. The van der Waals surface area contributed by atoms with Gasteiger partial charge in [0, 0.05) is 18.0 Å². The third-order valence-corrected chi connectivity index (χ3v) is 3.33. The molecule has 0 spiro atoms. The number of ketones is 1. The second-order valence-corrected chi connectivity index (χ2v) is 4.91. The molecule has 2 rings (SSSR count). The summed E-state index contributed by atoms with van der Waals surface area (Å²) in [5.41, 5.74) is 1.96. The Morgan fingerprint density at radius 1 is 1.00 bits per heavy atom. The second-order valence-electron chi connectivity index (χ2n) is 4.91. The van der Waals surface area contributed by atoms with Crippen LogP contribution in [0.3, 0.4) is 0 Å². The van der Waals surface area contributed by atoms with Gasteiger partial charge in [-0.3, -0.25) is 4.79 Å². The van der Waals surface area contributed by atoms with Crippen LogP contribution in [0.4, 0.5) is 0 Å². The van der Waals surface area contributed by atoms with E-state index in [0.717, 1.165) is 18.5 Å². The minimum atomic E-state index is 0.0869. The maximum Gasteiger partial charge on any atom is 0.164 e. The summed E-state index contributed by atoms with van der Waals surface area (Å²) in [6, 6.07) is 19.8. The van der Waals surface area contributed by atoms with Gasteiger partial charge in [-0.1, -0.05) is 67.6 Å². The van der Waals surface area contributed by atoms with Crippen molar-refractivity contribution in [1.29, 1.82) is 0 Å². The zero-order valence-corrected chi connectivity index (χ0v) is 11.9. The molecule has 104 valence electrons. The van der Waals surface area contributed by atoms with Gasteiger partial charge in [0.1, 0.15) is 0 Å². The van der Waals surface area contributed by atoms with E-state index in [1.807, 2.05) is 48.5 Å². The average molecular weight is 267 g/mol. The molecule has 0 radical (unpaired) electrons. The first-order valence-electron chi connectivity index (χ1n) is 7.18. The van der Waals surface area contributed by atoms with Crippen LogP contribution in [-0.2, 0) is 0 Å². The monoisotopic (exact) mass is 267 g/mol. The normalized spacial score (nSPS) is 12.1. The number of carbonyl (C=O) groups is 1. The van der Waals surface area contributed by atoms with Crippen LogP contribution in [0, 0.1) is 0 Å². The molecular weight excluding hydrogens is 246 g/mol. The number of carbonyl (C=O) groups excluding carboxylic acids is 1. The molecule has 1 unspecified atom stereocenters. The van der Waals surface area contributed by atoms with Gasteiger partial charge in [0.05, 0.1) is 0 Å². The summed E-state index contributed by atoms with van der Waals surface area (Å²) in [5, 5.41) is 3.47. The highest BCUT2D eigenvalue weighted by Gasteiger charge is 2.16. The first-order chi connectivity index (χ1) is 9.81. The van der Waals surface area contributed by atoms with Crippen molar-refractivity contribution in [3.8, 4) is 0 Å². The summed E-state index contributed by atoms with van der Waals surface area (Å²) in [7, 11) is 0. The van der Waals surface area contributed by atoms with Gasteiger partial charge < -0.3 is 5.32 Å². The van der Waals surface area contributed by atoms with E-state index in [1.54, 1.807) is 0 Å². The first-order valence-corrected chi connectivity index (χ1v) is 7.18. The highest BCUT2D eigenvalue weighted by atomic mass is 16.1. The average Bonchev–Trinajstić information content (AvgIpc) is 2.53.